The smallest absolute Gasteiger partial charge is 0.335 e. The molecule has 0 radical (unpaired) electrons. The summed E-state index contributed by atoms with van der Waals surface area (Å²) in [5.74, 6) is -3.06. The second-order valence-electron chi connectivity index (χ2n) is 13.3. The maximum absolute atomic E-state index is 14.3. The lowest BCUT2D eigenvalue weighted by atomic mass is 9.94. The summed E-state index contributed by atoms with van der Waals surface area (Å²) < 4.78 is 33.1. The van der Waals surface area contributed by atoms with Crippen molar-refractivity contribution in [3.05, 3.63) is 102 Å². The molecule has 2 fully saturated rings. The third kappa shape index (κ3) is 7.78. The second kappa shape index (κ2) is 15.8. The lowest BCUT2D eigenvalue weighted by Crippen LogP contribution is -2.61. The number of carboxylic acids is 1. The molecule has 0 aliphatic carbocycles. The van der Waals surface area contributed by atoms with E-state index in [1.807, 2.05) is 66.9 Å². The quantitative estimate of drug-likeness (QED) is 0.137. The zero-order valence-electron chi connectivity index (χ0n) is 28.6. The van der Waals surface area contributed by atoms with E-state index in [1.165, 1.54) is 12.1 Å². The summed E-state index contributed by atoms with van der Waals surface area (Å²) in [7, 11) is 0. The number of carboxylic acid groups (broad SMARTS) is 1. The van der Waals surface area contributed by atoms with Gasteiger partial charge in [-0.15, -0.1) is 0 Å². The summed E-state index contributed by atoms with van der Waals surface area (Å²) >= 11 is 0. The Morgan fingerprint density at radius 1 is 0.923 bits per heavy atom. The fraction of sp³-hybridized carbons (Fsp3) is 0.359. The van der Waals surface area contributed by atoms with Crippen LogP contribution < -0.4 is 5.32 Å². The van der Waals surface area contributed by atoms with Gasteiger partial charge in [-0.3, -0.25) is 9.59 Å². The Morgan fingerprint density at radius 2 is 1.58 bits per heavy atom. The van der Waals surface area contributed by atoms with Crippen LogP contribution in [0.5, 0.6) is 0 Å². The van der Waals surface area contributed by atoms with Crippen LogP contribution in [-0.2, 0) is 30.3 Å². The van der Waals surface area contributed by atoms with E-state index in [-0.39, 0.29) is 37.6 Å². The van der Waals surface area contributed by atoms with Crippen molar-refractivity contribution in [2.45, 2.75) is 88.5 Å². The number of halogens is 1. The molecular weight excluding hydrogens is 675 g/mol. The number of amides is 1. The SMILES string of the molecule is CC(C)c1c(C(=O)Nc2ccccc2)c(-c2ccccc2)c(-c2ccc(F)cc2)n1CC[C@@H]1C[C@@H](OC2OC(C(=O)O)C(O)C(O)C2O)CC(=O)O1. The van der Waals surface area contributed by atoms with E-state index in [0.717, 1.165) is 5.56 Å². The number of para-hydroxylation sites is 1. The fourth-order valence-electron chi connectivity index (χ4n) is 6.96. The van der Waals surface area contributed by atoms with Crippen molar-refractivity contribution in [1.29, 1.82) is 0 Å². The first-order valence-corrected chi connectivity index (χ1v) is 17.1. The molecule has 0 spiro atoms. The number of aliphatic hydroxyl groups excluding tert-OH is 3. The van der Waals surface area contributed by atoms with Gasteiger partial charge < -0.3 is 44.5 Å². The molecule has 1 aromatic heterocycles. The van der Waals surface area contributed by atoms with Crippen LogP contribution in [0.25, 0.3) is 22.4 Å². The van der Waals surface area contributed by atoms with Crippen molar-refractivity contribution in [3.8, 4) is 22.4 Å². The molecule has 13 heteroatoms. The minimum Gasteiger partial charge on any atom is -0.479 e. The monoisotopic (exact) mass is 716 g/mol. The summed E-state index contributed by atoms with van der Waals surface area (Å²) in [5.41, 5.74) is 4.55. The van der Waals surface area contributed by atoms with E-state index < -0.39 is 60.7 Å². The Morgan fingerprint density at radius 3 is 2.21 bits per heavy atom. The van der Waals surface area contributed by atoms with E-state index in [0.29, 0.717) is 33.8 Å². The molecule has 6 rings (SSSR count). The Bertz CT molecular complexity index is 1880. The Hall–Kier alpha value is -4.92. The van der Waals surface area contributed by atoms with Crippen LogP contribution in [0.2, 0.25) is 0 Å². The topological polar surface area (TPSA) is 177 Å². The van der Waals surface area contributed by atoms with Crippen molar-refractivity contribution in [3.63, 3.8) is 0 Å². The summed E-state index contributed by atoms with van der Waals surface area (Å²) in [5, 5.41) is 43.3. The highest BCUT2D eigenvalue weighted by molar-refractivity contribution is 6.12. The van der Waals surface area contributed by atoms with Crippen LogP contribution in [0.3, 0.4) is 0 Å². The minimum atomic E-state index is -1.89. The predicted octanol–water partition coefficient (Wildman–Crippen LogP) is 4.71. The number of aromatic nitrogens is 1. The van der Waals surface area contributed by atoms with Gasteiger partial charge in [-0.1, -0.05) is 62.4 Å². The molecule has 0 bridgehead atoms. The van der Waals surface area contributed by atoms with Gasteiger partial charge in [-0.25, -0.2) is 9.18 Å². The van der Waals surface area contributed by atoms with Gasteiger partial charge in [0.2, 0.25) is 0 Å². The van der Waals surface area contributed by atoms with Crippen LogP contribution in [0.15, 0.2) is 84.9 Å². The van der Waals surface area contributed by atoms with Crippen LogP contribution in [0.1, 0.15) is 55.1 Å². The molecule has 4 aromatic rings. The average Bonchev–Trinajstić information content (AvgIpc) is 3.47. The normalized spacial score (nSPS) is 24.8. The number of cyclic esters (lactones) is 1. The molecular formula is C39H41FN2O10. The molecule has 5 N–H and O–H groups in total. The number of anilines is 1. The fourth-order valence-corrected chi connectivity index (χ4v) is 6.96. The van der Waals surface area contributed by atoms with Crippen LogP contribution in [0.4, 0.5) is 10.1 Å². The van der Waals surface area contributed by atoms with Crippen LogP contribution in [0, 0.1) is 5.82 Å². The first-order valence-electron chi connectivity index (χ1n) is 17.1. The van der Waals surface area contributed by atoms with Crippen molar-refractivity contribution < 1.29 is 53.4 Å². The number of ether oxygens (including phenoxy) is 3. The Kier molecular flexibility index (Phi) is 11.2. The van der Waals surface area contributed by atoms with Crippen LogP contribution >= 0.6 is 0 Å². The maximum Gasteiger partial charge on any atom is 0.335 e. The number of benzene rings is 3. The van der Waals surface area contributed by atoms with E-state index >= 15 is 0 Å². The summed E-state index contributed by atoms with van der Waals surface area (Å²) in [4.78, 5) is 38.7. The highest BCUT2D eigenvalue weighted by Gasteiger charge is 2.48. The van der Waals surface area contributed by atoms with E-state index in [4.69, 9.17) is 14.2 Å². The van der Waals surface area contributed by atoms with E-state index in [9.17, 15) is 39.2 Å². The van der Waals surface area contributed by atoms with Crippen molar-refractivity contribution in [1.82, 2.24) is 4.57 Å². The molecule has 1 amide bonds. The van der Waals surface area contributed by atoms with Gasteiger partial charge in [0.15, 0.2) is 12.4 Å². The highest BCUT2D eigenvalue weighted by atomic mass is 19.1. The number of aliphatic carboxylic acids is 1. The third-order valence-electron chi connectivity index (χ3n) is 9.32. The molecule has 12 nitrogen and oxygen atoms in total. The van der Waals surface area contributed by atoms with Crippen molar-refractivity contribution >= 4 is 23.5 Å². The molecule has 2 saturated heterocycles. The van der Waals surface area contributed by atoms with Crippen molar-refractivity contribution in [2.24, 2.45) is 0 Å². The Balaban J connectivity index is 1.36. The molecule has 3 heterocycles. The minimum absolute atomic E-state index is 0.145. The average molecular weight is 717 g/mol. The number of nitrogens with one attached hydrogen (secondary N) is 1. The first kappa shape index (κ1) is 36.9. The van der Waals surface area contributed by atoms with Crippen LogP contribution in [-0.4, -0.2) is 85.8 Å². The van der Waals surface area contributed by atoms with Gasteiger partial charge in [-0.2, -0.15) is 0 Å². The van der Waals surface area contributed by atoms with Gasteiger partial charge >= 0.3 is 11.9 Å². The molecule has 274 valence electrons. The maximum atomic E-state index is 14.3. The molecule has 0 saturated carbocycles. The first-order chi connectivity index (χ1) is 24.9. The number of carbonyl (C=O) groups excluding carboxylic acids is 2. The van der Waals surface area contributed by atoms with Gasteiger partial charge in [0.1, 0.15) is 30.2 Å². The number of carbonyl (C=O) groups is 3. The molecule has 52 heavy (non-hydrogen) atoms. The second-order valence-corrected chi connectivity index (χ2v) is 13.3. The number of hydrogen-bond acceptors (Lipinski definition) is 9. The Labute approximate surface area is 299 Å². The third-order valence-corrected chi connectivity index (χ3v) is 9.32. The number of esters is 1. The van der Waals surface area contributed by atoms with Crippen molar-refractivity contribution in [2.75, 3.05) is 5.32 Å². The molecule has 7 atom stereocenters. The standard InChI is InChI=1S/C39H41FN2O10/c1-21(2)31-30(37(47)41-25-11-7-4-8-12-25)29(22-9-5-3-6-10-22)32(23-13-15-24(40)16-14-23)42(31)18-17-26-19-27(20-28(43)50-26)51-39-35(46)33(44)34(45)36(52-39)38(48)49/h3-16,21,26-27,33-36,39,44-46H,17-20H2,1-2H3,(H,41,47)(H,48,49)/t26-,27-,33?,34?,35?,36?,39?/m1/s1. The summed E-state index contributed by atoms with van der Waals surface area (Å²) in [6.45, 7) is 4.21. The summed E-state index contributed by atoms with van der Waals surface area (Å²) in [6.07, 6.45) is -10.4. The zero-order valence-corrected chi connectivity index (χ0v) is 28.6. The summed E-state index contributed by atoms with van der Waals surface area (Å²) in [6, 6.07) is 24.6. The van der Waals surface area contributed by atoms with Gasteiger partial charge in [0.25, 0.3) is 5.91 Å². The highest BCUT2D eigenvalue weighted by Crippen LogP contribution is 2.43. The molecule has 2 aliphatic heterocycles. The number of aliphatic hydroxyl groups is 3. The number of nitrogens with zero attached hydrogens (tertiary/aromatic N) is 1. The lowest BCUT2D eigenvalue weighted by molar-refractivity contribution is -0.307. The lowest BCUT2D eigenvalue weighted by Gasteiger charge is -2.40. The molecule has 5 unspecified atom stereocenters. The van der Waals surface area contributed by atoms with Gasteiger partial charge in [0.05, 0.1) is 23.8 Å². The van der Waals surface area contributed by atoms with Gasteiger partial charge in [-0.05, 0) is 53.4 Å². The van der Waals surface area contributed by atoms with E-state index in [2.05, 4.69) is 5.32 Å². The molecule has 2 aliphatic rings. The molecule has 3 aromatic carbocycles. The number of hydrogen-bond donors (Lipinski definition) is 5. The number of rotatable bonds is 11. The van der Waals surface area contributed by atoms with E-state index in [1.54, 1.807) is 24.3 Å². The largest absolute Gasteiger partial charge is 0.479 e. The zero-order chi connectivity index (χ0) is 37.1. The van der Waals surface area contributed by atoms with Gasteiger partial charge in [0, 0.05) is 36.3 Å². The predicted molar refractivity (Wildman–Crippen MR) is 187 cm³/mol.